The van der Waals surface area contributed by atoms with Crippen LogP contribution in [0.25, 0.3) is 5.69 Å². The predicted molar refractivity (Wildman–Crippen MR) is 100 cm³/mol. The van der Waals surface area contributed by atoms with Crippen molar-refractivity contribution in [1.82, 2.24) is 14.9 Å². The number of ether oxygens (including phenoxy) is 1. The molecule has 0 fully saturated rings. The molecule has 0 aliphatic heterocycles. The van der Waals surface area contributed by atoms with Crippen LogP contribution in [0.4, 0.5) is 0 Å². The minimum absolute atomic E-state index is 0.157. The van der Waals surface area contributed by atoms with E-state index in [9.17, 15) is 4.79 Å². The molecule has 1 N–H and O–H groups in total. The van der Waals surface area contributed by atoms with Crippen LogP contribution >= 0.6 is 15.9 Å². The van der Waals surface area contributed by atoms with Crippen molar-refractivity contribution in [3.63, 3.8) is 0 Å². The maximum atomic E-state index is 12.7. The first-order valence-electron chi connectivity index (χ1n) is 7.80. The van der Waals surface area contributed by atoms with Crippen molar-refractivity contribution in [3.8, 4) is 11.4 Å². The number of hydrogen-bond donors (Lipinski definition) is 1. The van der Waals surface area contributed by atoms with Gasteiger partial charge in [0.05, 0.1) is 18.5 Å². The molecule has 2 heterocycles. The first kappa shape index (κ1) is 17.2. The maximum Gasteiger partial charge on any atom is 0.268 e. The number of aryl methyl sites for hydroxylation is 1. The van der Waals surface area contributed by atoms with Gasteiger partial charge in [-0.3, -0.25) is 9.78 Å². The first-order chi connectivity index (χ1) is 12.1. The van der Waals surface area contributed by atoms with Crippen LogP contribution in [0.2, 0.25) is 0 Å². The summed E-state index contributed by atoms with van der Waals surface area (Å²) in [5.41, 5.74) is 3.21. The van der Waals surface area contributed by atoms with E-state index in [0.29, 0.717) is 12.2 Å². The number of methoxy groups -OCH3 is 1. The van der Waals surface area contributed by atoms with Crippen LogP contribution < -0.4 is 10.1 Å². The van der Waals surface area contributed by atoms with Gasteiger partial charge < -0.3 is 14.6 Å². The van der Waals surface area contributed by atoms with Gasteiger partial charge in [0.1, 0.15) is 11.4 Å². The molecule has 0 saturated carbocycles. The highest BCUT2D eigenvalue weighted by Gasteiger charge is 2.14. The van der Waals surface area contributed by atoms with Gasteiger partial charge in [0.2, 0.25) is 0 Å². The number of halogens is 1. The molecule has 0 radical (unpaired) electrons. The Hall–Kier alpha value is -2.60. The molecular formula is C19H18BrN3O2. The highest BCUT2D eigenvalue weighted by atomic mass is 79.9. The Morgan fingerprint density at radius 3 is 2.88 bits per heavy atom. The lowest BCUT2D eigenvalue weighted by molar-refractivity contribution is 0.0944. The number of amides is 1. The number of nitrogens with one attached hydrogen (secondary N) is 1. The molecule has 1 aromatic carbocycles. The molecule has 25 heavy (non-hydrogen) atoms. The predicted octanol–water partition coefficient (Wildman–Crippen LogP) is 3.88. The van der Waals surface area contributed by atoms with E-state index in [0.717, 1.165) is 27.2 Å². The zero-order valence-corrected chi connectivity index (χ0v) is 15.6. The average molecular weight is 400 g/mol. The number of nitrogens with zero attached hydrogens (tertiary/aromatic N) is 2. The third kappa shape index (κ3) is 3.74. The molecule has 0 unspecified atom stereocenters. The van der Waals surface area contributed by atoms with Gasteiger partial charge >= 0.3 is 0 Å². The summed E-state index contributed by atoms with van der Waals surface area (Å²) >= 11 is 3.44. The SMILES string of the molecule is COc1ccc(Br)cc1CNC(=O)c1cccn1-c1cccnc1C. The second kappa shape index (κ2) is 7.53. The Morgan fingerprint density at radius 2 is 2.12 bits per heavy atom. The van der Waals surface area contributed by atoms with E-state index in [-0.39, 0.29) is 5.91 Å². The van der Waals surface area contributed by atoms with Gasteiger partial charge in [0, 0.05) is 29.0 Å². The fraction of sp³-hybridized carbons (Fsp3) is 0.158. The molecule has 0 spiro atoms. The molecule has 0 saturated heterocycles. The van der Waals surface area contributed by atoms with Gasteiger partial charge in [-0.2, -0.15) is 0 Å². The molecule has 0 aliphatic carbocycles. The molecular weight excluding hydrogens is 382 g/mol. The van der Waals surface area contributed by atoms with Gasteiger partial charge in [0.15, 0.2) is 0 Å². The highest BCUT2D eigenvalue weighted by molar-refractivity contribution is 9.10. The van der Waals surface area contributed by atoms with E-state index in [1.54, 1.807) is 19.4 Å². The van der Waals surface area contributed by atoms with E-state index in [4.69, 9.17) is 4.74 Å². The lowest BCUT2D eigenvalue weighted by Gasteiger charge is -2.13. The minimum atomic E-state index is -0.157. The summed E-state index contributed by atoms with van der Waals surface area (Å²) in [6.07, 6.45) is 3.60. The van der Waals surface area contributed by atoms with Gasteiger partial charge in [-0.05, 0) is 49.4 Å². The molecule has 5 nitrogen and oxygen atoms in total. The van der Waals surface area contributed by atoms with Gasteiger partial charge in [-0.1, -0.05) is 15.9 Å². The Labute approximate surface area is 154 Å². The Bertz CT molecular complexity index is 905. The summed E-state index contributed by atoms with van der Waals surface area (Å²) in [5, 5.41) is 2.95. The van der Waals surface area contributed by atoms with E-state index >= 15 is 0 Å². The molecule has 6 heteroatoms. The quantitative estimate of drug-likeness (QED) is 0.707. The van der Waals surface area contributed by atoms with Crippen LogP contribution in [0.15, 0.2) is 59.3 Å². The van der Waals surface area contributed by atoms with Crippen molar-refractivity contribution in [3.05, 3.63) is 76.3 Å². The molecule has 0 bridgehead atoms. The monoisotopic (exact) mass is 399 g/mol. The van der Waals surface area contributed by atoms with Crippen LogP contribution in [0.1, 0.15) is 21.7 Å². The normalized spacial score (nSPS) is 10.5. The van der Waals surface area contributed by atoms with Crippen LogP contribution in [-0.2, 0) is 6.54 Å². The second-order valence-electron chi connectivity index (χ2n) is 5.51. The summed E-state index contributed by atoms with van der Waals surface area (Å²) in [5.74, 6) is 0.581. The lowest BCUT2D eigenvalue weighted by Crippen LogP contribution is -2.25. The third-order valence-electron chi connectivity index (χ3n) is 3.90. The molecule has 1 amide bonds. The first-order valence-corrected chi connectivity index (χ1v) is 8.59. The average Bonchev–Trinajstić information content (AvgIpc) is 3.09. The van der Waals surface area contributed by atoms with Crippen molar-refractivity contribution < 1.29 is 9.53 Å². The highest BCUT2D eigenvalue weighted by Crippen LogP contribution is 2.23. The van der Waals surface area contributed by atoms with Crippen molar-refractivity contribution in [2.24, 2.45) is 0 Å². The fourth-order valence-corrected chi connectivity index (χ4v) is 3.07. The van der Waals surface area contributed by atoms with E-state index < -0.39 is 0 Å². The Morgan fingerprint density at radius 1 is 1.28 bits per heavy atom. The number of benzene rings is 1. The second-order valence-corrected chi connectivity index (χ2v) is 6.43. The van der Waals surface area contributed by atoms with Crippen LogP contribution in [-0.4, -0.2) is 22.6 Å². The van der Waals surface area contributed by atoms with Gasteiger partial charge in [-0.15, -0.1) is 0 Å². The topological polar surface area (TPSA) is 56.1 Å². The van der Waals surface area contributed by atoms with Crippen molar-refractivity contribution in [2.75, 3.05) is 7.11 Å². The largest absolute Gasteiger partial charge is 0.496 e. The van der Waals surface area contributed by atoms with Crippen LogP contribution in [0.5, 0.6) is 5.75 Å². The summed E-state index contributed by atoms with van der Waals surface area (Å²) in [4.78, 5) is 17.0. The smallest absolute Gasteiger partial charge is 0.268 e. The number of rotatable bonds is 5. The van der Waals surface area contributed by atoms with E-state index in [1.807, 2.05) is 54.1 Å². The number of hydrogen-bond acceptors (Lipinski definition) is 3. The number of carbonyl (C=O) groups is 1. The van der Waals surface area contributed by atoms with Crippen molar-refractivity contribution >= 4 is 21.8 Å². The molecule has 2 aromatic heterocycles. The number of aromatic nitrogens is 2. The molecule has 0 atom stereocenters. The molecule has 3 rings (SSSR count). The number of pyridine rings is 1. The summed E-state index contributed by atoms with van der Waals surface area (Å²) in [6.45, 7) is 2.29. The van der Waals surface area contributed by atoms with Gasteiger partial charge in [-0.25, -0.2) is 0 Å². The van der Waals surface area contributed by atoms with Crippen molar-refractivity contribution in [2.45, 2.75) is 13.5 Å². The number of carbonyl (C=O) groups excluding carboxylic acids is 1. The van der Waals surface area contributed by atoms with E-state index in [2.05, 4.69) is 26.2 Å². The molecule has 3 aromatic rings. The van der Waals surface area contributed by atoms with Crippen LogP contribution in [0, 0.1) is 6.92 Å². The molecule has 128 valence electrons. The maximum absolute atomic E-state index is 12.7. The zero-order valence-electron chi connectivity index (χ0n) is 14.0. The Balaban J connectivity index is 1.81. The lowest BCUT2D eigenvalue weighted by atomic mass is 10.2. The summed E-state index contributed by atoms with van der Waals surface area (Å²) < 4.78 is 8.13. The zero-order chi connectivity index (χ0) is 17.8. The molecule has 0 aliphatic rings. The minimum Gasteiger partial charge on any atom is -0.496 e. The Kier molecular flexibility index (Phi) is 5.19. The summed E-state index contributed by atoms with van der Waals surface area (Å²) in [6, 6.07) is 13.1. The van der Waals surface area contributed by atoms with Crippen LogP contribution in [0.3, 0.4) is 0 Å². The van der Waals surface area contributed by atoms with E-state index in [1.165, 1.54) is 0 Å². The standard InChI is InChI=1S/C19H18BrN3O2/c1-13-16(5-3-9-21-13)23-10-4-6-17(23)19(24)22-12-14-11-15(20)7-8-18(14)25-2/h3-11H,12H2,1-2H3,(H,22,24). The summed E-state index contributed by atoms with van der Waals surface area (Å²) in [7, 11) is 1.62. The third-order valence-corrected chi connectivity index (χ3v) is 4.40. The van der Waals surface area contributed by atoms with Crippen molar-refractivity contribution in [1.29, 1.82) is 0 Å². The van der Waals surface area contributed by atoms with Gasteiger partial charge in [0.25, 0.3) is 5.91 Å². The fourth-order valence-electron chi connectivity index (χ4n) is 2.66.